The predicted octanol–water partition coefficient (Wildman–Crippen LogP) is 9.19. The Bertz CT molecular complexity index is 1410. The zero-order chi connectivity index (χ0) is 25.9. The van der Waals surface area contributed by atoms with Gasteiger partial charge in [0.05, 0.1) is 39.1 Å². The van der Waals surface area contributed by atoms with Gasteiger partial charge in [-0.3, -0.25) is 0 Å². The van der Waals surface area contributed by atoms with Gasteiger partial charge in [0.1, 0.15) is 0 Å². The van der Waals surface area contributed by atoms with Gasteiger partial charge in [0, 0.05) is 44.2 Å². The zero-order valence-corrected chi connectivity index (χ0v) is 22.4. The number of para-hydroxylation sites is 1. The molecule has 1 N–H and O–H groups in total. The third-order valence-corrected chi connectivity index (χ3v) is 6.87. The fourth-order valence-electron chi connectivity index (χ4n) is 4.58. The molecule has 37 heavy (non-hydrogen) atoms. The van der Waals surface area contributed by atoms with E-state index in [1.165, 1.54) is 0 Å². The van der Waals surface area contributed by atoms with E-state index in [1.54, 1.807) is 0 Å². The molecule has 0 unspecified atom stereocenters. The first kappa shape index (κ1) is 24.7. The van der Waals surface area contributed by atoms with Gasteiger partial charge in [0.15, 0.2) is 0 Å². The summed E-state index contributed by atoms with van der Waals surface area (Å²) in [5, 5.41) is 13.3. The van der Waals surface area contributed by atoms with Gasteiger partial charge in [-0.2, -0.15) is 10.2 Å². The molecule has 0 bridgehead atoms. The number of benzene rings is 4. The maximum absolute atomic E-state index is 6.85. The van der Waals surface area contributed by atoms with Crippen molar-refractivity contribution in [3.8, 4) is 0 Å². The predicted molar refractivity (Wildman–Crippen MR) is 158 cm³/mol. The summed E-state index contributed by atoms with van der Waals surface area (Å²) >= 11 is 6.85. The number of nitrogens with one attached hydrogen (secondary N) is 1. The van der Waals surface area contributed by atoms with Gasteiger partial charge in [-0.05, 0) is 80.6 Å². The molecule has 6 nitrogen and oxygen atoms in total. The van der Waals surface area contributed by atoms with Gasteiger partial charge in [0.25, 0.3) is 0 Å². The third kappa shape index (κ3) is 4.98. The number of hydrogen-bond acceptors (Lipinski definition) is 6. The molecule has 188 valence electrons. The molecule has 0 radical (unpaired) electrons. The Morgan fingerprint density at radius 1 is 0.757 bits per heavy atom. The van der Waals surface area contributed by atoms with E-state index in [1.807, 2.05) is 74.8 Å². The van der Waals surface area contributed by atoms with E-state index < -0.39 is 0 Å². The van der Waals surface area contributed by atoms with Crippen LogP contribution in [0.5, 0.6) is 0 Å². The van der Waals surface area contributed by atoms with Crippen LogP contribution in [0.3, 0.4) is 0 Å². The van der Waals surface area contributed by atoms with Crippen LogP contribution in [0, 0.1) is 0 Å². The van der Waals surface area contributed by atoms with Crippen LogP contribution in [0.15, 0.2) is 95.2 Å². The van der Waals surface area contributed by atoms with Crippen LogP contribution in [-0.2, 0) is 0 Å². The molecular weight excluding hydrogens is 480 g/mol. The van der Waals surface area contributed by atoms with Crippen molar-refractivity contribution in [2.24, 2.45) is 10.2 Å². The molecule has 1 aliphatic rings. The monoisotopic (exact) mass is 510 g/mol. The second-order valence-electron chi connectivity index (χ2n) is 9.10. The van der Waals surface area contributed by atoms with Crippen molar-refractivity contribution in [1.82, 2.24) is 0 Å². The van der Waals surface area contributed by atoms with Crippen LogP contribution in [-0.4, -0.2) is 27.2 Å². The Hall–Kier alpha value is -4.03. The average molecular weight is 511 g/mol. The van der Waals surface area contributed by atoms with Crippen LogP contribution >= 0.6 is 11.6 Å². The topological polar surface area (TPSA) is 46.5 Å². The first-order valence-electron chi connectivity index (χ1n) is 12.5. The van der Waals surface area contributed by atoms with Crippen molar-refractivity contribution < 1.29 is 0 Å². The summed E-state index contributed by atoms with van der Waals surface area (Å²) in [5.74, 6) is 0. The van der Waals surface area contributed by atoms with E-state index in [0.717, 1.165) is 64.3 Å². The molecule has 0 amide bonds. The quantitative estimate of drug-likeness (QED) is 0.222. The maximum Gasteiger partial charge on any atom is 0.0879 e. The Balaban J connectivity index is 1.58. The standard InChI is InChI=1S/C30H31ClN6/c1-5-36(6-2)25-19-26(31)30-29(20-25)37(24-10-8-7-9-11-24)28-18-22(14-17-27(28)32-30)34-33-21-12-15-23(16-13-21)35(3)4/h7-20,32H,5-6H2,1-4H3. The molecule has 0 saturated heterocycles. The number of anilines is 7. The normalized spacial score (nSPS) is 12.2. The van der Waals surface area contributed by atoms with Gasteiger partial charge in [-0.25, -0.2) is 0 Å². The summed E-state index contributed by atoms with van der Waals surface area (Å²) in [6.45, 7) is 6.12. The highest BCUT2D eigenvalue weighted by atomic mass is 35.5. The van der Waals surface area contributed by atoms with Gasteiger partial charge in [0.2, 0.25) is 0 Å². The summed E-state index contributed by atoms with van der Waals surface area (Å²) in [4.78, 5) is 6.60. The Kier molecular flexibility index (Phi) is 7.01. The highest BCUT2D eigenvalue weighted by Gasteiger charge is 2.27. The van der Waals surface area contributed by atoms with E-state index in [0.29, 0.717) is 5.02 Å². The van der Waals surface area contributed by atoms with Crippen molar-refractivity contribution in [2.75, 3.05) is 47.2 Å². The van der Waals surface area contributed by atoms with Crippen LogP contribution in [0.4, 0.5) is 51.2 Å². The number of azo groups is 1. The Morgan fingerprint density at radius 2 is 1.43 bits per heavy atom. The Labute approximate surface area is 223 Å². The lowest BCUT2D eigenvalue weighted by molar-refractivity contribution is 0.866. The van der Waals surface area contributed by atoms with Crippen LogP contribution in [0.25, 0.3) is 0 Å². The summed E-state index contributed by atoms with van der Waals surface area (Å²) < 4.78 is 0. The second kappa shape index (κ2) is 10.5. The van der Waals surface area contributed by atoms with E-state index in [9.17, 15) is 0 Å². The number of fused-ring (bicyclic) bond motifs is 2. The lowest BCUT2D eigenvalue weighted by Gasteiger charge is -2.36. The summed E-state index contributed by atoms with van der Waals surface area (Å²) in [5.41, 5.74) is 8.69. The first-order chi connectivity index (χ1) is 18.0. The van der Waals surface area contributed by atoms with E-state index in [4.69, 9.17) is 11.6 Å². The van der Waals surface area contributed by atoms with Crippen molar-refractivity contribution in [3.63, 3.8) is 0 Å². The lowest BCUT2D eigenvalue weighted by Crippen LogP contribution is -2.23. The fraction of sp³-hybridized carbons (Fsp3) is 0.200. The molecule has 1 aliphatic heterocycles. The Morgan fingerprint density at radius 3 is 2.11 bits per heavy atom. The van der Waals surface area contributed by atoms with Gasteiger partial charge >= 0.3 is 0 Å². The summed E-state index contributed by atoms with van der Waals surface area (Å²) in [7, 11) is 4.04. The van der Waals surface area contributed by atoms with Gasteiger partial charge < -0.3 is 20.0 Å². The molecule has 0 aromatic heterocycles. The average Bonchev–Trinajstić information content (AvgIpc) is 2.92. The highest BCUT2D eigenvalue weighted by Crippen LogP contribution is 2.52. The number of hydrogen-bond donors (Lipinski definition) is 1. The SMILES string of the molecule is CCN(CC)c1cc(Cl)c2c(c1)N(c1ccccc1)c1cc(N=Nc3ccc(N(C)C)cc3)ccc1N2. The van der Waals surface area contributed by atoms with E-state index in [2.05, 4.69) is 68.4 Å². The molecule has 0 atom stereocenters. The number of rotatable bonds is 7. The third-order valence-electron chi connectivity index (χ3n) is 6.57. The van der Waals surface area contributed by atoms with Crippen molar-refractivity contribution in [1.29, 1.82) is 0 Å². The molecule has 0 fully saturated rings. The maximum atomic E-state index is 6.85. The zero-order valence-electron chi connectivity index (χ0n) is 21.6. The first-order valence-corrected chi connectivity index (χ1v) is 12.9. The van der Waals surface area contributed by atoms with Crippen LogP contribution < -0.4 is 20.0 Å². The molecular formula is C30H31ClN6. The van der Waals surface area contributed by atoms with Crippen molar-refractivity contribution in [3.05, 3.63) is 90.0 Å². The number of nitrogens with zero attached hydrogens (tertiary/aromatic N) is 5. The van der Waals surface area contributed by atoms with Crippen molar-refractivity contribution in [2.45, 2.75) is 13.8 Å². The molecule has 0 spiro atoms. The smallest absolute Gasteiger partial charge is 0.0879 e. The minimum Gasteiger partial charge on any atom is -0.378 e. The minimum absolute atomic E-state index is 0.691. The lowest BCUT2D eigenvalue weighted by atomic mass is 10.1. The largest absolute Gasteiger partial charge is 0.378 e. The second-order valence-corrected chi connectivity index (χ2v) is 9.51. The summed E-state index contributed by atoms with van der Waals surface area (Å²) in [6, 6.07) is 28.7. The van der Waals surface area contributed by atoms with Gasteiger partial charge in [-0.15, -0.1) is 0 Å². The van der Waals surface area contributed by atoms with Crippen molar-refractivity contribution >= 4 is 62.8 Å². The molecule has 1 heterocycles. The molecule has 4 aromatic carbocycles. The van der Waals surface area contributed by atoms with Crippen LogP contribution in [0.2, 0.25) is 5.02 Å². The van der Waals surface area contributed by atoms with E-state index >= 15 is 0 Å². The van der Waals surface area contributed by atoms with E-state index in [-0.39, 0.29) is 0 Å². The molecule has 5 rings (SSSR count). The van der Waals surface area contributed by atoms with Gasteiger partial charge in [-0.1, -0.05) is 29.8 Å². The molecule has 4 aromatic rings. The number of halogens is 1. The molecule has 0 saturated carbocycles. The minimum atomic E-state index is 0.691. The molecule has 7 heteroatoms. The van der Waals surface area contributed by atoms with Crippen LogP contribution in [0.1, 0.15) is 13.8 Å². The molecule has 0 aliphatic carbocycles. The fourth-order valence-corrected chi connectivity index (χ4v) is 4.83. The summed E-state index contributed by atoms with van der Waals surface area (Å²) in [6.07, 6.45) is 0. The highest BCUT2D eigenvalue weighted by molar-refractivity contribution is 6.35.